The summed E-state index contributed by atoms with van der Waals surface area (Å²) in [6.07, 6.45) is 0.725. The van der Waals surface area contributed by atoms with Gasteiger partial charge in [0.2, 0.25) is 0 Å². The number of hydrazone groups is 1. The maximum atomic E-state index is 14.1. The molecule has 1 aromatic heterocycles. The first-order chi connectivity index (χ1) is 15.3. The van der Waals surface area contributed by atoms with E-state index in [1.165, 1.54) is 16.8 Å². The summed E-state index contributed by atoms with van der Waals surface area (Å²) in [6.45, 7) is 1.75. The number of aliphatic imine (C=N–C) groups is 1. The van der Waals surface area contributed by atoms with Crippen LogP contribution in [0.25, 0.3) is 5.69 Å². The van der Waals surface area contributed by atoms with Crippen LogP contribution in [-0.2, 0) is 6.18 Å². The van der Waals surface area contributed by atoms with E-state index in [-0.39, 0.29) is 11.7 Å². The lowest BCUT2D eigenvalue weighted by atomic mass is 9.92. The molecule has 0 aliphatic carbocycles. The van der Waals surface area contributed by atoms with Crippen molar-refractivity contribution in [1.82, 2.24) is 14.8 Å². The van der Waals surface area contributed by atoms with Crippen LogP contribution in [-0.4, -0.2) is 39.0 Å². The normalized spacial score (nSPS) is 19.6. The predicted octanol–water partition coefficient (Wildman–Crippen LogP) is 4.90. The van der Waals surface area contributed by atoms with Crippen LogP contribution in [0.4, 0.5) is 18.9 Å². The van der Waals surface area contributed by atoms with Crippen molar-refractivity contribution in [3.63, 3.8) is 0 Å². The highest BCUT2D eigenvalue weighted by molar-refractivity contribution is 6.03. The van der Waals surface area contributed by atoms with E-state index < -0.39 is 29.1 Å². The zero-order valence-corrected chi connectivity index (χ0v) is 17.0. The second-order valence-corrected chi connectivity index (χ2v) is 7.71. The van der Waals surface area contributed by atoms with Crippen molar-refractivity contribution in [1.29, 1.82) is 0 Å². The van der Waals surface area contributed by atoms with Gasteiger partial charge in [0, 0.05) is 36.2 Å². The minimum absolute atomic E-state index is 0.226. The molecule has 2 aromatic carbocycles. The van der Waals surface area contributed by atoms with E-state index in [0.29, 0.717) is 23.4 Å². The topological polar surface area (TPSA) is 62.9 Å². The van der Waals surface area contributed by atoms with Gasteiger partial charge in [0.1, 0.15) is 6.04 Å². The van der Waals surface area contributed by atoms with Crippen LogP contribution < -0.4 is 0 Å². The summed E-state index contributed by atoms with van der Waals surface area (Å²) in [5.74, 6) is -0.678. The molecule has 0 saturated carbocycles. The maximum Gasteiger partial charge on any atom is 0.417 e. The molecule has 3 heterocycles. The second kappa shape index (κ2) is 7.44. The summed E-state index contributed by atoms with van der Waals surface area (Å²) in [4.78, 5) is 18.1. The number of nitrogens with zero attached hydrogens (tertiary/aromatic N) is 5. The molecule has 5 rings (SSSR count). The lowest BCUT2D eigenvalue weighted by Crippen LogP contribution is -2.36. The van der Waals surface area contributed by atoms with Crippen molar-refractivity contribution < 1.29 is 18.0 Å². The third-order valence-corrected chi connectivity index (χ3v) is 5.59. The number of carbonyl (C=O) groups is 1. The highest BCUT2D eigenvalue weighted by Crippen LogP contribution is 2.41. The molecular weight excluding hydrogens is 419 g/mol. The monoisotopic (exact) mass is 437 g/mol. The Morgan fingerprint density at radius 2 is 1.94 bits per heavy atom. The van der Waals surface area contributed by atoms with Gasteiger partial charge in [-0.25, -0.2) is 4.68 Å². The average molecular weight is 437 g/mol. The number of ketones is 1. The highest BCUT2D eigenvalue weighted by atomic mass is 19.4. The van der Waals surface area contributed by atoms with E-state index in [1.807, 2.05) is 0 Å². The van der Waals surface area contributed by atoms with Gasteiger partial charge in [-0.15, -0.1) is 0 Å². The van der Waals surface area contributed by atoms with E-state index in [1.54, 1.807) is 60.9 Å². The molecule has 2 aliphatic heterocycles. The minimum atomic E-state index is -4.72. The Labute approximate surface area is 181 Å². The van der Waals surface area contributed by atoms with Gasteiger partial charge < -0.3 is 0 Å². The number of aryl methyl sites for hydroxylation is 1. The standard InChI is InChI=1S/C23H18F3N5O/c1-14-9-11-30(29-14)15-6-7-17(19(12-15)23(24,25)26)22(32)21-18-4-2-3-5-20(18)27-13-16-8-10-28-31(16)21/h2-7,9-13,16,21H,8H2,1H3. The molecule has 162 valence electrons. The number of halogens is 3. The smallest absolute Gasteiger partial charge is 0.291 e. The van der Waals surface area contributed by atoms with Crippen LogP contribution in [0.1, 0.15) is 39.6 Å². The van der Waals surface area contributed by atoms with Gasteiger partial charge in [-0.05, 0) is 37.3 Å². The number of carbonyl (C=O) groups excluding carboxylic acids is 1. The van der Waals surface area contributed by atoms with Crippen LogP contribution >= 0.6 is 0 Å². The van der Waals surface area contributed by atoms with Gasteiger partial charge in [-0.3, -0.25) is 14.8 Å². The SMILES string of the molecule is Cc1ccn(-c2ccc(C(=O)C3c4ccccc4N=CC4CC=NN43)c(C(F)(F)F)c2)n1. The molecule has 6 nitrogen and oxygen atoms in total. The van der Waals surface area contributed by atoms with Crippen LogP contribution in [0.15, 0.2) is 64.8 Å². The van der Waals surface area contributed by atoms with Crippen molar-refractivity contribution >= 4 is 23.9 Å². The van der Waals surface area contributed by atoms with Gasteiger partial charge in [0.25, 0.3) is 0 Å². The molecule has 0 saturated heterocycles. The number of para-hydroxylation sites is 1. The van der Waals surface area contributed by atoms with Crippen molar-refractivity contribution in [3.05, 3.63) is 77.1 Å². The summed E-state index contributed by atoms with van der Waals surface area (Å²) >= 11 is 0. The maximum absolute atomic E-state index is 14.1. The summed E-state index contributed by atoms with van der Waals surface area (Å²) in [5.41, 5.74) is 0.557. The Balaban J connectivity index is 1.64. The Hall–Kier alpha value is -3.75. The second-order valence-electron chi connectivity index (χ2n) is 7.71. The Kier molecular flexibility index (Phi) is 4.69. The van der Waals surface area contributed by atoms with Crippen LogP contribution in [0.3, 0.4) is 0 Å². The number of aromatic nitrogens is 2. The molecule has 3 aromatic rings. The highest BCUT2D eigenvalue weighted by Gasteiger charge is 2.42. The Morgan fingerprint density at radius 3 is 2.69 bits per heavy atom. The zero-order valence-electron chi connectivity index (χ0n) is 17.0. The number of rotatable bonds is 3. The molecule has 32 heavy (non-hydrogen) atoms. The number of hydrogen-bond acceptors (Lipinski definition) is 5. The molecular formula is C23H18F3N5O. The number of alkyl halides is 3. The number of fused-ring (bicyclic) bond motifs is 2. The van der Waals surface area contributed by atoms with Crippen LogP contribution in [0.2, 0.25) is 0 Å². The third kappa shape index (κ3) is 3.39. The third-order valence-electron chi connectivity index (χ3n) is 5.59. The average Bonchev–Trinajstić information content (AvgIpc) is 3.38. The number of hydrogen-bond donors (Lipinski definition) is 0. The molecule has 0 amide bonds. The fourth-order valence-electron chi connectivity index (χ4n) is 4.07. The van der Waals surface area contributed by atoms with Crippen LogP contribution in [0.5, 0.6) is 0 Å². The summed E-state index contributed by atoms with van der Waals surface area (Å²) in [7, 11) is 0. The van der Waals surface area contributed by atoms with Gasteiger partial charge in [-0.2, -0.15) is 23.4 Å². The van der Waals surface area contributed by atoms with E-state index in [4.69, 9.17) is 0 Å². The molecule has 0 fully saturated rings. The summed E-state index contributed by atoms with van der Waals surface area (Å²) in [6, 6.07) is 11.0. The van der Waals surface area contributed by atoms with Crippen molar-refractivity contribution in [2.24, 2.45) is 10.1 Å². The first kappa shape index (κ1) is 20.2. The van der Waals surface area contributed by atoms with Crippen molar-refractivity contribution in [3.8, 4) is 5.69 Å². The zero-order chi connectivity index (χ0) is 22.5. The van der Waals surface area contributed by atoms with E-state index in [2.05, 4.69) is 15.2 Å². The molecule has 0 spiro atoms. The summed E-state index contributed by atoms with van der Waals surface area (Å²) < 4.78 is 43.6. The van der Waals surface area contributed by atoms with Gasteiger partial charge in [-0.1, -0.05) is 18.2 Å². The first-order valence-electron chi connectivity index (χ1n) is 10.0. The first-order valence-corrected chi connectivity index (χ1v) is 10.0. The number of benzene rings is 2. The Bertz CT molecular complexity index is 1260. The molecule has 0 bridgehead atoms. The van der Waals surface area contributed by atoms with Gasteiger partial charge in [0.05, 0.1) is 28.7 Å². The van der Waals surface area contributed by atoms with E-state index in [9.17, 15) is 18.0 Å². The quantitative estimate of drug-likeness (QED) is 0.548. The molecule has 2 aliphatic rings. The fourth-order valence-corrected chi connectivity index (χ4v) is 4.07. The molecule has 2 unspecified atom stereocenters. The predicted molar refractivity (Wildman–Crippen MR) is 114 cm³/mol. The van der Waals surface area contributed by atoms with Crippen LogP contribution in [0, 0.1) is 6.92 Å². The van der Waals surface area contributed by atoms with Crippen molar-refractivity contribution in [2.45, 2.75) is 31.6 Å². The fraction of sp³-hybridized carbons (Fsp3) is 0.217. The molecule has 0 radical (unpaired) electrons. The van der Waals surface area contributed by atoms with Gasteiger partial charge >= 0.3 is 6.18 Å². The molecule has 2 atom stereocenters. The molecule has 0 N–H and O–H groups in total. The van der Waals surface area contributed by atoms with E-state index in [0.717, 1.165) is 6.07 Å². The largest absolute Gasteiger partial charge is 0.417 e. The molecule has 9 heteroatoms. The number of Topliss-reactive ketones (excluding diaryl/α,β-unsaturated/α-hetero) is 1. The van der Waals surface area contributed by atoms with Crippen molar-refractivity contribution in [2.75, 3.05) is 0 Å². The summed E-state index contributed by atoms with van der Waals surface area (Å²) in [5, 5.41) is 10.0. The minimum Gasteiger partial charge on any atom is -0.291 e. The van der Waals surface area contributed by atoms with E-state index >= 15 is 0 Å². The lowest BCUT2D eigenvalue weighted by Gasteiger charge is -2.29. The van der Waals surface area contributed by atoms with Gasteiger partial charge in [0.15, 0.2) is 5.78 Å². The lowest BCUT2D eigenvalue weighted by molar-refractivity contribution is -0.138. The Morgan fingerprint density at radius 1 is 1.12 bits per heavy atom.